The molecule has 0 saturated heterocycles. The lowest BCUT2D eigenvalue weighted by Gasteiger charge is -2.27. The van der Waals surface area contributed by atoms with Crippen LogP contribution in [0.25, 0.3) is 0 Å². The number of benzene rings is 1. The zero-order valence-corrected chi connectivity index (χ0v) is 13.9. The summed E-state index contributed by atoms with van der Waals surface area (Å²) in [7, 11) is 0. The summed E-state index contributed by atoms with van der Waals surface area (Å²) in [5.74, 6) is 0. The van der Waals surface area contributed by atoms with Crippen molar-refractivity contribution in [3.05, 3.63) is 35.4 Å². The Hall–Kier alpha value is -0.860. The fourth-order valence-corrected chi connectivity index (χ4v) is 3.08. The molecule has 1 rings (SSSR count). The summed E-state index contributed by atoms with van der Waals surface area (Å²) in [5.41, 5.74) is 1.69. The largest absolute Gasteiger partial charge is 0.390 e. The molecular weight excluding hydrogens is 260 g/mol. The lowest BCUT2D eigenvalue weighted by atomic mass is 9.86. The average Bonchev–Trinajstić information content (AvgIpc) is 2.46. The molecule has 1 atom stereocenters. The van der Waals surface area contributed by atoms with Crippen molar-refractivity contribution in [1.29, 1.82) is 0 Å². The fraction of sp³-hybridized carbons (Fsp3) is 0.684. The molecule has 0 aliphatic rings. The molecule has 0 aromatic heterocycles. The summed E-state index contributed by atoms with van der Waals surface area (Å²) in [6.07, 6.45) is 6.90. The molecule has 0 amide bonds. The first-order valence-corrected chi connectivity index (χ1v) is 8.54. The highest BCUT2D eigenvalue weighted by atomic mass is 16.3. The summed E-state index contributed by atoms with van der Waals surface area (Å²) in [4.78, 5) is 0. The number of aliphatic hydroxyl groups excluding tert-OH is 1. The summed E-state index contributed by atoms with van der Waals surface area (Å²) < 4.78 is 0. The monoisotopic (exact) mass is 292 g/mol. The van der Waals surface area contributed by atoms with E-state index in [2.05, 4.69) is 32.9 Å². The van der Waals surface area contributed by atoms with Crippen molar-refractivity contribution >= 4 is 0 Å². The second-order valence-electron chi connectivity index (χ2n) is 6.27. The molecule has 0 heterocycles. The highest BCUT2D eigenvalue weighted by Gasteiger charge is 2.24. The van der Waals surface area contributed by atoms with Gasteiger partial charge >= 0.3 is 0 Å². The predicted octanol–water partition coefficient (Wildman–Crippen LogP) is 4.78. The minimum absolute atomic E-state index is 0.361. The lowest BCUT2D eigenvalue weighted by Crippen LogP contribution is -2.28. The van der Waals surface area contributed by atoms with Crippen LogP contribution in [0.5, 0.6) is 0 Å². The molecule has 2 heteroatoms. The first-order chi connectivity index (χ1) is 10.0. The first-order valence-electron chi connectivity index (χ1n) is 8.54. The van der Waals surface area contributed by atoms with Gasteiger partial charge in [0.2, 0.25) is 0 Å². The van der Waals surface area contributed by atoms with Crippen LogP contribution in [0.3, 0.4) is 0 Å². The summed E-state index contributed by atoms with van der Waals surface area (Å²) in [6.45, 7) is 6.34. The topological polar surface area (TPSA) is 40.5 Å². The smallest absolute Gasteiger partial charge is 0.0790 e. The Kier molecular flexibility index (Phi) is 7.98. The van der Waals surface area contributed by atoms with E-state index in [-0.39, 0.29) is 6.10 Å². The molecule has 0 aliphatic carbocycles. The molecule has 2 N–H and O–H groups in total. The maximum absolute atomic E-state index is 10.7. The Morgan fingerprint density at radius 3 is 2.24 bits per heavy atom. The minimum Gasteiger partial charge on any atom is -0.390 e. The van der Waals surface area contributed by atoms with E-state index in [1.54, 1.807) is 0 Å². The van der Waals surface area contributed by atoms with Crippen molar-refractivity contribution in [2.75, 3.05) is 0 Å². The average molecular weight is 292 g/mol. The van der Waals surface area contributed by atoms with Gasteiger partial charge in [-0.2, -0.15) is 0 Å². The van der Waals surface area contributed by atoms with E-state index in [0.717, 1.165) is 56.9 Å². The fourth-order valence-electron chi connectivity index (χ4n) is 3.08. The first kappa shape index (κ1) is 18.2. The summed E-state index contributed by atoms with van der Waals surface area (Å²) in [5, 5.41) is 20.8. The molecule has 120 valence electrons. The molecule has 0 radical (unpaired) electrons. The zero-order valence-electron chi connectivity index (χ0n) is 13.9. The van der Waals surface area contributed by atoms with Crippen LogP contribution in [0, 0.1) is 0 Å². The lowest BCUT2D eigenvalue weighted by molar-refractivity contribution is 0.0132. The quantitative estimate of drug-likeness (QED) is 0.651. The minimum atomic E-state index is -0.526. The molecule has 0 aliphatic heterocycles. The van der Waals surface area contributed by atoms with Gasteiger partial charge in [-0.15, -0.1) is 0 Å². The second kappa shape index (κ2) is 9.22. The van der Waals surface area contributed by atoms with Crippen LogP contribution in [0.15, 0.2) is 24.3 Å². The standard InChI is InChI=1S/C19H32O2/c1-4-8-18(20)17-10-7-9-16(15-17)11-14-19(21,12-5-2)13-6-3/h7,9-10,15,18,20-21H,4-6,8,11-14H2,1-3H3. The molecule has 0 bridgehead atoms. The number of aliphatic hydroxyl groups is 2. The van der Waals surface area contributed by atoms with E-state index in [9.17, 15) is 10.2 Å². The molecule has 0 fully saturated rings. The SMILES string of the molecule is CCCC(O)c1cccc(CCC(O)(CCC)CCC)c1. The van der Waals surface area contributed by atoms with Crippen molar-refractivity contribution in [3.8, 4) is 0 Å². The van der Waals surface area contributed by atoms with Gasteiger partial charge in [0.15, 0.2) is 0 Å². The van der Waals surface area contributed by atoms with Crippen LogP contribution >= 0.6 is 0 Å². The normalized spacial score (nSPS) is 13.4. The van der Waals surface area contributed by atoms with Crippen LogP contribution in [-0.2, 0) is 6.42 Å². The van der Waals surface area contributed by atoms with Crippen LogP contribution in [0.2, 0.25) is 0 Å². The van der Waals surface area contributed by atoms with E-state index in [1.807, 2.05) is 12.1 Å². The van der Waals surface area contributed by atoms with Crippen molar-refractivity contribution in [1.82, 2.24) is 0 Å². The van der Waals surface area contributed by atoms with Gasteiger partial charge in [0, 0.05) is 0 Å². The van der Waals surface area contributed by atoms with Gasteiger partial charge < -0.3 is 10.2 Å². The predicted molar refractivity (Wildman–Crippen MR) is 89.4 cm³/mol. The third-order valence-electron chi connectivity index (χ3n) is 4.21. The van der Waals surface area contributed by atoms with Crippen LogP contribution in [0.1, 0.15) is 82.9 Å². The zero-order chi connectivity index (χ0) is 15.7. The van der Waals surface area contributed by atoms with Crippen molar-refractivity contribution in [3.63, 3.8) is 0 Å². The van der Waals surface area contributed by atoms with Crippen molar-refractivity contribution < 1.29 is 10.2 Å². The Balaban J connectivity index is 2.67. The van der Waals surface area contributed by atoms with Crippen molar-refractivity contribution in [2.24, 2.45) is 0 Å². The number of hydrogen-bond acceptors (Lipinski definition) is 2. The molecule has 1 unspecified atom stereocenters. The Bertz CT molecular complexity index is 394. The molecule has 0 spiro atoms. The van der Waals surface area contributed by atoms with E-state index in [4.69, 9.17) is 0 Å². The molecule has 21 heavy (non-hydrogen) atoms. The maximum atomic E-state index is 10.7. The number of hydrogen-bond donors (Lipinski definition) is 2. The number of rotatable bonds is 10. The van der Waals surface area contributed by atoms with Gasteiger partial charge in [-0.05, 0) is 43.2 Å². The number of aryl methyl sites for hydroxylation is 1. The Morgan fingerprint density at radius 1 is 1.00 bits per heavy atom. The van der Waals surface area contributed by atoms with Crippen LogP contribution < -0.4 is 0 Å². The van der Waals surface area contributed by atoms with Gasteiger partial charge in [0.05, 0.1) is 11.7 Å². The summed E-state index contributed by atoms with van der Waals surface area (Å²) >= 11 is 0. The van der Waals surface area contributed by atoms with Gasteiger partial charge in [-0.1, -0.05) is 64.3 Å². The Morgan fingerprint density at radius 2 is 1.67 bits per heavy atom. The molecule has 0 saturated carbocycles. The molecule has 2 nitrogen and oxygen atoms in total. The molecular formula is C19H32O2. The third-order valence-corrected chi connectivity index (χ3v) is 4.21. The third kappa shape index (κ3) is 6.19. The van der Waals surface area contributed by atoms with Crippen LogP contribution in [0.4, 0.5) is 0 Å². The Labute approximate surface area is 130 Å². The van der Waals surface area contributed by atoms with E-state index in [1.165, 1.54) is 5.56 Å². The van der Waals surface area contributed by atoms with E-state index < -0.39 is 5.60 Å². The van der Waals surface area contributed by atoms with E-state index >= 15 is 0 Å². The highest BCUT2D eigenvalue weighted by molar-refractivity contribution is 5.25. The van der Waals surface area contributed by atoms with Gasteiger partial charge in [-0.25, -0.2) is 0 Å². The van der Waals surface area contributed by atoms with Gasteiger partial charge in [-0.3, -0.25) is 0 Å². The molecule has 1 aromatic carbocycles. The maximum Gasteiger partial charge on any atom is 0.0790 e. The van der Waals surface area contributed by atoms with Crippen LogP contribution in [-0.4, -0.2) is 15.8 Å². The van der Waals surface area contributed by atoms with Gasteiger partial charge in [0.1, 0.15) is 0 Å². The van der Waals surface area contributed by atoms with Crippen molar-refractivity contribution in [2.45, 2.75) is 83.8 Å². The summed E-state index contributed by atoms with van der Waals surface area (Å²) in [6, 6.07) is 8.20. The van der Waals surface area contributed by atoms with E-state index in [0.29, 0.717) is 0 Å². The molecule has 1 aromatic rings. The highest BCUT2D eigenvalue weighted by Crippen LogP contribution is 2.26. The second-order valence-corrected chi connectivity index (χ2v) is 6.27. The van der Waals surface area contributed by atoms with Gasteiger partial charge in [0.25, 0.3) is 0 Å².